The number of amides is 1. The zero-order valence-electron chi connectivity index (χ0n) is 12.1. The average molecular weight is 307 g/mol. The van der Waals surface area contributed by atoms with E-state index in [1.165, 1.54) is 18.3 Å². The lowest BCUT2D eigenvalue weighted by Gasteiger charge is -2.13. The molecule has 3 rings (SSSR count). The number of pyridine rings is 1. The van der Waals surface area contributed by atoms with Crippen molar-refractivity contribution in [2.45, 2.75) is 0 Å². The third-order valence-electron chi connectivity index (χ3n) is 3.39. The smallest absolute Gasteiger partial charge is 0.262 e. The van der Waals surface area contributed by atoms with E-state index in [0.717, 1.165) is 0 Å². The minimum absolute atomic E-state index is 0.0217. The maximum Gasteiger partial charge on any atom is 0.262 e. The second-order valence-electron chi connectivity index (χ2n) is 4.85. The quantitative estimate of drug-likeness (QED) is 0.767. The van der Waals surface area contributed by atoms with Crippen LogP contribution in [0.3, 0.4) is 0 Å². The highest BCUT2D eigenvalue weighted by Gasteiger charge is 2.22. The first-order chi connectivity index (χ1) is 11.2. The Morgan fingerprint density at radius 2 is 2.26 bits per heavy atom. The standard InChI is InChI=1S/C16H13N5O2/c17-8-10-3-4-12(22)14(13(10)11-2-1-5-18-9-11)15(23)21-16-19-6-7-20-16/h1-5,9,22H,6-7H2,(H2,19,20,21,23). The molecule has 2 aromatic rings. The van der Waals surface area contributed by atoms with Crippen molar-refractivity contribution in [2.75, 3.05) is 13.1 Å². The van der Waals surface area contributed by atoms with Gasteiger partial charge in [-0.15, -0.1) is 0 Å². The van der Waals surface area contributed by atoms with Crippen molar-refractivity contribution >= 4 is 11.9 Å². The van der Waals surface area contributed by atoms with Crippen molar-refractivity contribution < 1.29 is 9.90 Å². The molecule has 2 heterocycles. The van der Waals surface area contributed by atoms with E-state index in [-0.39, 0.29) is 16.9 Å². The SMILES string of the molecule is N#Cc1ccc(O)c(C(=O)NC2=NCCN2)c1-c1cccnc1. The van der Waals surface area contributed by atoms with Gasteiger partial charge in [0.15, 0.2) is 5.96 Å². The first-order valence-corrected chi connectivity index (χ1v) is 6.97. The second kappa shape index (κ2) is 6.15. The number of aromatic hydroxyl groups is 1. The number of hydrogen-bond acceptors (Lipinski definition) is 6. The molecule has 1 aromatic carbocycles. The second-order valence-corrected chi connectivity index (χ2v) is 4.85. The van der Waals surface area contributed by atoms with E-state index in [0.29, 0.717) is 30.2 Å². The Hall–Kier alpha value is -3.40. The molecule has 1 aliphatic rings. The molecular weight excluding hydrogens is 294 g/mol. The third-order valence-corrected chi connectivity index (χ3v) is 3.39. The molecule has 0 radical (unpaired) electrons. The van der Waals surface area contributed by atoms with Crippen LogP contribution in [0.25, 0.3) is 11.1 Å². The molecule has 0 unspecified atom stereocenters. The van der Waals surface area contributed by atoms with Crippen LogP contribution in [-0.2, 0) is 0 Å². The minimum atomic E-state index is -0.536. The largest absolute Gasteiger partial charge is 0.507 e. The number of aliphatic imine (C=N–C) groups is 1. The fraction of sp³-hybridized carbons (Fsp3) is 0.125. The maximum absolute atomic E-state index is 12.6. The van der Waals surface area contributed by atoms with Crippen LogP contribution in [0.1, 0.15) is 15.9 Å². The number of carbonyl (C=O) groups is 1. The van der Waals surface area contributed by atoms with E-state index in [4.69, 9.17) is 0 Å². The van der Waals surface area contributed by atoms with Crippen molar-refractivity contribution in [3.05, 3.63) is 47.8 Å². The van der Waals surface area contributed by atoms with E-state index >= 15 is 0 Å². The number of rotatable bonds is 2. The van der Waals surface area contributed by atoms with Crippen LogP contribution in [0.4, 0.5) is 0 Å². The lowest BCUT2D eigenvalue weighted by molar-refractivity contribution is 0.0974. The lowest BCUT2D eigenvalue weighted by atomic mass is 9.94. The lowest BCUT2D eigenvalue weighted by Crippen LogP contribution is -2.38. The summed E-state index contributed by atoms with van der Waals surface area (Å²) in [5, 5.41) is 25.0. The number of guanidine groups is 1. The fourth-order valence-electron chi connectivity index (χ4n) is 2.38. The van der Waals surface area contributed by atoms with Gasteiger partial charge >= 0.3 is 0 Å². The highest BCUT2D eigenvalue weighted by atomic mass is 16.3. The number of nitrogens with one attached hydrogen (secondary N) is 2. The van der Waals surface area contributed by atoms with Gasteiger partial charge in [0.2, 0.25) is 0 Å². The summed E-state index contributed by atoms with van der Waals surface area (Å²) in [5.41, 5.74) is 1.22. The molecule has 0 aliphatic carbocycles. The normalized spacial score (nSPS) is 12.9. The fourth-order valence-corrected chi connectivity index (χ4v) is 2.38. The summed E-state index contributed by atoms with van der Waals surface area (Å²) in [5.74, 6) is -0.389. The highest BCUT2D eigenvalue weighted by Crippen LogP contribution is 2.32. The Morgan fingerprint density at radius 1 is 1.39 bits per heavy atom. The van der Waals surface area contributed by atoms with Crippen LogP contribution in [0.2, 0.25) is 0 Å². The average Bonchev–Trinajstić information content (AvgIpc) is 3.08. The summed E-state index contributed by atoms with van der Waals surface area (Å²) in [6.45, 7) is 1.23. The number of nitrogens with zero attached hydrogens (tertiary/aromatic N) is 3. The molecule has 7 nitrogen and oxygen atoms in total. The van der Waals surface area contributed by atoms with Gasteiger partial charge in [-0.3, -0.25) is 20.1 Å². The summed E-state index contributed by atoms with van der Waals surface area (Å²) < 4.78 is 0. The zero-order chi connectivity index (χ0) is 16.2. The van der Waals surface area contributed by atoms with Crippen LogP contribution >= 0.6 is 0 Å². The number of aromatic nitrogens is 1. The van der Waals surface area contributed by atoms with E-state index < -0.39 is 5.91 Å². The molecule has 0 fully saturated rings. The molecule has 1 aromatic heterocycles. The first kappa shape index (κ1) is 14.5. The van der Waals surface area contributed by atoms with Crippen LogP contribution in [0.5, 0.6) is 5.75 Å². The Bertz CT molecular complexity index is 824. The molecule has 0 saturated carbocycles. The molecule has 0 bridgehead atoms. The summed E-state index contributed by atoms with van der Waals surface area (Å²) in [6, 6.07) is 8.27. The maximum atomic E-state index is 12.6. The number of nitriles is 1. The van der Waals surface area contributed by atoms with E-state index in [1.807, 2.05) is 6.07 Å². The van der Waals surface area contributed by atoms with Crippen molar-refractivity contribution in [1.82, 2.24) is 15.6 Å². The molecule has 0 saturated heterocycles. The van der Waals surface area contributed by atoms with Crippen molar-refractivity contribution in [2.24, 2.45) is 4.99 Å². The molecule has 0 atom stereocenters. The molecule has 23 heavy (non-hydrogen) atoms. The van der Waals surface area contributed by atoms with Crippen molar-refractivity contribution in [1.29, 1.82) is 5.26 Å². The van der Waals surface area contributed by atoms with Gasteiger partial charge in [0.1, 0.15) is 5.75 Å². The summed E-state index contributed by atoms with van der Waals surface area (Å²) >= 11 is 0. The van der Waals surface area contributed by atoms with Crippen LogP contribution in [0, 0.1) is 11.3 Å². The zero-order valence-corrected chi connectivity index (χ0v) is 12.1. The minimum Gasteiger partial charge on any atom is -0.507 e. The number of phenolic OH excluding ortho intramolecular Hbond substituents is 1. The van der Waals surface area contributed by atoms with Gasteiger partial charge in [-0.2, -0.15) is 5.26 Å². The van der Waals surface area contributed by atoms with Gasteiger partial charge in [-0.25, -0.2) is 0 Å². The molecule has 1 aliphatic heterocycles. The topological polar surface area (TPSA) is 110 Å². The number of carbonyl (C=O) groups excluding carboxylic acids is 1. The van der Waals surface area contributed by atoms with Crippen molar-refractivity contribution in [3.8, 4) is 22.9 Å². The van der Waals surface area contributed by atoms with Crippen LogP contribution in [-0.4, -0.2) is 35.0 Å². The molecule has 0 spiro atoms. The van der Waals surface area contributed by atoms with Crippen LogP contribution in [0.15, 0.2) is 41.7 Å². The predicted octanol–water partition coefficient (Wildman–Crippen LogP) is 1.01. The van der Waals surface area contributed by atoms with E-state index in [1.54, 1.807) is 18.3 Å². The molecule has 1 amide bonds. The van der Waals surface area contributed by atoms with E-state index in [2.05, 4.69) is 20.6 Å². The third kappa shape index (κ3) is 2.82. The number of benzene rings is 1. The summed E-state index contributed by atoms with van der Waals surface area (Å²) in [6.07, 6.45) is 3.13. The van der Waals surface area contributed by atoms with Gasteiger partial charge in [-0.1, -0.05) is 6.07 Å². The molecule has 114 valence electrons. The molecule has 7 heteroatoms. The Kier molecular flexibility index (Phi) is 3.89. The first-order valence-electron chi connectivity index (χ1n) is 6.97. The predicted molar refractivity (Wildman–Crippen MR) is 83.8 cm³/mol. The van der Waals surface area contributed by atoms with Gasteiger partial charge in [0, 0.05) is 30.1 Å². The monoisotopic (exact) mass is 307 g/mol. The highest BCUT2D eigenvalue weighted by molar-refractivity contribution is 6.11. The van der Waals surface area contributed by atoms with E-state index in [9.17, 15) is 15.2 Å². The van der Waals surface area contributed by atoms with Gasteiger partial charge in [0.05, 0.1) is 23.7 Å². The Balaban J connectivity index is 2.11. The van der Waals surface area contributed by atoms with Gasteiger partial charge in [-0.05, 0) is 18.2 Å². The molecule has 3 N–H and O–H groups in total. The van der Waals surface area contributed by atoms with Crippen LogP contribution < -0.4 is 10.6 Å². The number of hydrogen-bond donors (Lipinski definition) is 3. The van der Waals surface area contributed by atoms with Gasteiger partial charge < -0.3 is 10.4 Å². The molecular formula is C16H13N5O2. The van der Waals surface area contributed by atoms with Crippen molar-refractivity contribution in [3.63, 3.8) is 0 Å². The Morgan fingerprint density at radius 3 is 2.91 bits per heavy atom. The van der Waals surface area contributed by atoms with Gasteiger partial charge in [0.25, 0.3) is 5.91 Å². The Labute approximate surface area is 132 Å². The number of phenols is 1. The summed E-state index contributed by atoms with van der Waals surface area (Å²) in [4.78, 5) is 20.7. The summed E-state index contributed by atoms with van der Waals surface area (Å²) in [7, 11) is 0.